The van der Waals surface area contributed by atoms with Crippen LogP contribution in [0.3, 0.4) is 0 Å². The van der Waals surface area contributed by atoms with Crippen LogP contribution in [0.5, 0.6) is 11.8 Å². The van der Waals surface area contributed by atoms with Gasteiger partial charge in [0.25, 0.3) is 0 Å². The minimum Gasteiger partial charge on any atom is -0.481 e. The maximum Gasteiger partial charge on any atom is 0.309 e. The minimum atomic E-state index is -0.789. The van der Waals surface area contributed by atoms with E-state index in [0.29, 0.717) is 79.1 Å². The van der Waals surface area contributed by atoms with Crippen LogP contribution < -0.4 is 9.47 Å². The number of methoxy groups -OCH3 is 1. The smallest absolute Gasteiger partial charge is 0.309 e. The molecule has 1 aliphatic carbocycles. The lowest BCUT2D eigenvalue weighted by Crippen LogP contribution is -2.49. The van der Waals surface area contributed by atoms with E-state index >= 15 is 0 Å². The van der Waals surface area contributed by atoms with Crippen molar-refractivity contribution in [1.29, 1.82) is 5.26 Å². The zero-order valence-electron chi connectivity index (χ0n) is 29.8. The number of carbonyl (C=O) groups is 2. The molecule has 0 radical (unpaired) electrons. The first-order valence-corrected chi connectivity index (χ1v) is 18.3. The summed E-state index contributed by atoms with van der Waals surface area (Å²) in [6.45, 7) is 5.16. The Morgan fingerprint density at radius 2 is 1.69 bits per heavy atom. The van der Waals surface area contributed by atoms with E-state index in [4.69, 9.17) is 30.5 Å². The topological polar surface area (TPSA) is 162 Å². The summed E-state index contributed by atoms with van der Waals surface area (Å²) < 4.78 is 18.3. The standard InChI is InChI=1S/C41H38ClN5O7/c1-22-28(5-3-6-29(22)38-44-34-14-23(13-25(16-43)36(34)54-38)17-46-12-11-24(18-46)40(48)49)30-7-4-8-32-31(30)9-10-35(32)53-39-33(42)15-26(37(45-39)52-2)19-47-20-27(21-47)41(50)51/h3-8,13-15,24,27,35H,9-12,17-21H2,1-2H3,(H,48,49)(H,50,51)/t24?,35-/m0/s1. The van der Waals surface area contributed by atoms with Gasteiger partial charge in [-0.15, -0.1) is 0 Å². The molecule has 2 aromatic heterocycles. The summed E-state index contributed by atoms with van der Waals surface area (Å²) in [6.07, 6.45) is 1.85. The summed E-state index contributed by atoms with van der Waals surface area (Å²) in [4.78, 5) is 36.3. The van der Waals surface area contributed by atoms with Crippen LogP contribution >= 0.6 is 11.6 Å². The van der Waals surface area contributed by atoms with Crippen molar-refractivity contribution in [3.63, 3.8) is 0 Å². The van der Waals surface area contributed by atoms with Crippen molar-refractivity contribution < 1.29 is 33.7 Å². The van der Waals surface area contributed by atoms with E-state index in [1.165, 1.54) is 5.56 Å². The number of halogens is 1. The molecule has 2 N–H and O–H groups in total. The molecule has 0 bridgehead atoms. The number of hydrogen-bond acceptors (Lipinski definition) is 10. The van der Waals surface area contributed by atoms with E-state index in [2.05, 4.69) is 34.2 Å². The fourth-order valence-corrected chi connectivity index (χ4v) is 8.28. The number of benzene rings is 3. The van der Waals surface area contributed by atoms with Crippen molar-refractivity contribution in [1.82, 2.24) is 19.8 Å². The van der Waals surface area contributed by atoms with E-state index in [0.717, 1.165) is 51.8 Å². The maximum absolute atomic E-state index is 11.5. The lowest BCUT2D eigenvalue weighted by atomic mass is 9.91. The van der Waals surface area contributed by atoms with Gasteiger partial charge in [-0.2, -0.15) is 10.2 Å². The SMILES string of the molecule is COc1nc(O[C@H]2CCc3c(-c4cccc(-c5nc6cc(CN7CCC(C(=O)O)C7)cc(C#N)c6o5)c4C)cccc32)c(Cl)cc1CN1CC(C(=O)O)C1. The average molecular weight is 748 g/mol. The van der Waals surface area contributed by atoms with Crippen molar-refractivity contribution in [2.75, 3.05) is 33.3 Å². The molecule has 1 unspecified atom stereocenters. The zero-order valence-corrected chi connectivity index (χ0v) is 30.6. The molecule has 3 aliphatic rings. The highest BCUT2D eigenvalue weighted by molar-refractivity contribution is 6.31. The molecule has 54 heavy (non-hydrogen) atoms. The lowest BCUT2D eigenvalue weighted by molar-refractivity contribution is -0.147. The van der Waals surface area contributed by atoms with Crippen LogP contribution in [0.15, 0.2) is 59.0 Å². The minimum absolute atomic E-state index is 0.276. The number of nitrogens with zero attached hydrogens (tertiary/aromatic N) is 5. The molecule has 2 aliphatic heterocycles. The molecule has 3 aromatic carbocycles. The highest BCUT2D eigenvalue weighted by atomic mass is 35.5. The largest absolute Gasteiger partial charge is 0.481 e. The highest BCUT2D eigenvalue weighted by Gasteiger charge is 2.34. The van der Waals surface area contributed by atoms with Crippen LogP contribution in [-0.2, 0) is 29.1 Å². The molecule has 8 rings (SSSR count). The quantitative estimate of drug-likeness (QED) is 0.144. The van der Waals surface area contributed by atoms with Crippen molar-refractivity contribution in [3.05, 3.63) is 93.0 Å². The Balaban J connectivity index is 1.04. The summed E-state index contributed by atoms with van der Waals surface area (Å²) in [5.41, 5.74) is 9.22. The van der Waals surface area contributed by atoms with E-state index in [1.807, 2.05) is 36.1 Å². The van der Waals surface area contributed by atoms with Gasteiger partial charge in [-0.25, -0.2) is 4.98 Å². The summed E-state index contributed by atoms with van der Waals surface area (Å²) in [7, 11) is 1.54. The Morgan fingerprint density at radius 1 is 0.944 bits per heavy atom. The van der Waals surface area contributed by atoms with Gasteiger partial charge in [0.15, 0.2) is 5.58 Å². The number of fused-ring (bicyclic) bond motifs is 2. The second kappa shape index (κ2) is 14.4. The molecule has 4 heterocycles. The van der Waals surface area contributed by atoms with Crippen molar-refractivity contribution in [2.45, 2.75) is 45.4 Å². The predicted molar refractivity (Wildman–Crippen MR) is 199 cm³/mol. The molecule has 12 nitrogen and oxygen atoms in total. The molecule has 0 amide bonds. The Kier molecular flexibility index (Phi) is 9.48. The normalized spacial score (nSPS) is 18.7. The van der Waals surface area contributed by atoms with Crippen LogP contribution in [0.1, 0.15) is 52.3 Å². The number of oxazole rings is 1. The number of carboxylic acids is 2. The van der Waals surface area contributed by atoms with Gasteiger partial charge in [0.1, 0.15) is 22.7 Å². The van der Waals surface area contributed by atoms with Gasteiger partial charge < -0.3 is 24.1 Å². The molecule has 0 spiro atoms. The van der Waals surface area contributed by atoms with Gasteiger partial charge in [0.05, 0.1) is 24.5 Å². The van der Waals surface area contributed by atoms with Crippen molar-refractivity contribution in [2.24, 2.45) is 11.8 Å². The number of aliphatic carboxylic acids is 2. The number of pyridine rings is 1. The molecule has 2 saturated heterocycles. The van der Waals surface area contributed by atoms with E-state index in [-0.39, 0.29) is 23.8 Å². The van der Waals surface area contributed by atoms with Crippen LogP contribution in [0.4, 0.5) is 0 Å². The van der Waals surface area contributed by atoms with E-state index < -0.39 is 11.9 Å². The first kappa shape index (κ1) is 35.5. The van der Waals surface area contributed by atoms with E-state index in [9.17, 15) is 25.1 Å². The summed E-state index contributed by atoms with van der Waals surface area (Å²) >= 11 is 6.71. The molecule has 2 fully saturated rings. The molecular formula is C41H38ClN5O7. The Bertz CT molecular complexity index is 2350. The first-order chi connectivity index (χ1) is 26.1. The Hall–Kier alpha value is -5.48. The summed E-state index contributed by atoms with van der Waals surface area (Å²) in [6, 6.07) is 20.0. The number of nitriles is 1. The lowest BCUT2D eigenvalue weighted by Gasteiger charge is -2.36. The molecule has 0 saturated carbocycles. The van der Waals surface area contributed by atoms with Crippen LogP contribution in [0.2, 0.25) is 5.02 Å². The second-order valence-corrected chi connectivity index (χ2v) is 14.8. The molecule has 276 valence electrons. The number of likely N-dealkylation sites (tertiary alicyclic amines) is 2. The second-order valence-electron chi connectivity index (χ2n) is 14.4. The fourth-order valence-electron chi connectivity index (χ4n) is 8.06. The van der Waals surface area contributed by atoms with Crippen molar-refractivity contribution >= 4 is 34.6 Å². The number of carboxylic acid groups (broad SMARTS) is 2. The van der Waals surface area contributed by atoms with Crippen LogP contribution in [0.25, 0.3) is 33.7 Å². The van der Waals surface area contributed by atoms with Gasteiger partial charge in [-0.3, -0.25) is 19.4 Å². The zero-order chi connectivity index (χ0) is 37.7. The third-order valence-corrected chi connectivity index (χ3v) is 11.2. The number of hydrogen-bond donors (Lipinski definition) is 2. The summed E-state index contributed by atoms with van der Waals surface area (Å²) in [5, 5.41) is 29.0. The number of aromatic nitrogens is 2. The predicted octanol–water partition coefficient (Wildman–Crippen LogP) is 6.89. The molecule has 2 atom stereocenters. The number of ether oxygens (including phenoxy) is 2. The third-order valence-electron chi connectivity index (χ3n) is 10.9. The monoisotopic (exact) mass is 747 g/mol. The van der Waals surface area contributed by atoms with Gasteiger partial charge >= 0.3 is 11.9 Å². The Labute approximate surface area is 316 Å². The molecular weight excluding hydrogens is 710 g/mol. The van der Waals surface area contributed by atoms with Gasteiger partial charge in [-0.05, 0) is 90.4 Å². The summed E-state index contributed by atoms with van der Waals surface area (Å²) in [5.74, 6) is -1.20. The highest BCUT2D eigenvalue weighted by Crippen LogP contribution is 2.44. The van der Waals surface area contributed by atoms with Gasteiger partial charge in [-0.1, -0.05) is 41.9 Å². The average Bonchev–Trinajstić information content (AvgIpc) is 3.89. The number of rotatable bonds is 11. The van der Waals surface area contributed by atoms with Crippen LogP contribution in [-0.4, -0.2) is 75.2 Å². The van der Waals surface area contributed by atoms with Gasteiger partial charge in [0.2, 0.25) is 17.7 Å². The first-order valence-electron chi connectivity index (χ1n) is 18.0. The van der Waals surface area contributed by atoms with Crippen molar-refractivity contribution in [3.8, 4) is 40.4 Å². The fraction of sp³-hybridized carbons (Fsp3) is 0.341. The maximum atomic E-state index is 11.5. The molecule has 5 aromatic rings. The Morgan fingerprint density at radius 3 is 2.43 bits per heavy atom. The van der Waals surface area contributed by atoms with Gasteiger partial charge in [0, 0.05) is 43.9 Å². The molecule has 13 heteroatoms. The third kappa shape index (κ3) is 6.64. The van der Waals surface area contributed by atoms with Crippen LogP contribution in [0, 0.1) is 30.1 Å². The van der Waals surface area contributed by atoms with E-state index in [1.54, 1.807) is 19.2 Å².